The minimum absolute atomic E-state index is 0.288. The van der Waals surface area contributed by atoms with E-state index in [1.165, 1.54) is 51.4 Å². The van der Waals surface area contributed by atoms with Gasteiger partial charge in [0.1, 0.15) is 0 Å². The first kappa shape index (κ1) is 32.7. The van der Waals surface area contributed by atoms with Gasteiger partial charge in [0.25, 0.3) is 0 Å². The van der Waals surface area contributed by atoms with Gasteiger partial charge in [0.2, 0.25) is 0 Å². The van der Waals surface area contributed by atoms with E-state index in [0.717, 1.165) is 25.7 Å². The van der Waals surface area contributed by atoms with E-state index in [4.69, 9.17) is 13.9 Å². The second kappa shape index (κ2) is 22.7. The predicted molar refractivity (Wildman–Crippen MR) is 138 cm³/mol. The van der Waals surface area contributed by atoms with Crippen LogP contribution >= 0.6 is 15.1 Å². The fourth-order valence-electron chi connectivity index (χ4n) is 3.33. The quantitative estimate of drug-likeness (QED) is 0.143. The smallest absolute Gasteiger partial charge is 0.302 e. The Balaban J connectivity index is 0. The predicted octanol–water partition coefficient (Wildman–Crippen LogP) is 8.92. The molecule has 0 unspecified atom stereocenters. The fraction of sp³-hybridized carbons (Fsp3) is 1.00. The Bertz CT molecular complexity index is 340. The molecule has 0 aromatic carbocycles. The van der Waals surface area contributed by atoms with Gasteiger partial charge in [-0.3, -0.25) is 9.05 Å². The second-order valence-electron chi connectivity index (χ2n) is 8.49. The lowest BCUT2D eigenvalue weighted by atomic mass is 10.4. The average Bonchev–Trinajstić information content (AvgIpc) is 2.73. The molecular formula is C24H55O4P2+. The normalized spacial score (nSPS) is 12.0. The van der Waals surface area contributed by atoms with E-state index in [2.05, 4.69) is 27.7 Å². The largest absolute Gasteiger partial charge is 0.472 e. The van der Waals surface area contributed by atoms with Crippen molar-refractivity contribution in [1.29, 1.82) is 0 Å². The van der Waals surface area contributed by atoms with Gasteiger partial charge in [0.05, 0.1) is 37.9 Å². The topological polar surface area (TPSA) is 55.8 Å². The molecule has 0 heterocycles. The van der Waals surface area contributed by atoms with Crippen LogP contribution in [0.25, 0.3) is 0 Å². The van der Waals surface area contributed by atoms with Crippen LogP contribution in [-0.2, 0) is 13.6 Å². The summed E-state index contributed by atoms with van der Waals surface area (Å²) in [6, 6.07) is 0. The Labute approximate surface area is 190 Å². The Hall–Kier alpha value is 0.540. The number of hydrogen-bond donors (Lipinski definition) is 1. The van der Waals surface area contributed by atoms with Crippen LogP contribution in [0.5, 0.6) is 0 Å². The maximum absolute atomic E-state index is 11.1. The molecule has 0 aliphatic heterocycles. The molecule has 1 N–H and O–H groups in total. The zero-order chi connectivity index (χ0) is 23.1. The third-order valence-corrected chi connectivity index (χ3v) is 11.5. The molecule has 0 amide bonds. The molecule has 0 saturated heterocycles. The van der Waals surface area contributed by atoms with Crippen LogP contribution in [0.3, 0.4) is 0 Å². The Morgan fingerprint density at radius 1 is 0.567 bits per heavy atom. The average molecular weight is 470 g/mol. The Kier molecular flexibility index (Phi) is 24.8. The molecule has 0 aromatic rings. The standard InChI is InChI=1S/C16H36P.C8H19O4P/c1-5-9-13-17(14-10-6-2,15-11-7-3)16-12-8-4;1-3-5-7-11-13(9,10)12-8-6-4-2/h5-16H2,1-4H3;3-8H2,1-2H3,(H,9,10)/q+1;. The van der Waals surface area contributed by atoms with Gasteiger partial charge in [0.15, 0.2) is 0 Å². The van der Waals surface area contributed by atoms with Crippen molar-refractivity contribution < 1.29 is 18.5 Å². The highest BCUT2D eigenvalue weighted by Gasteiger charge is 2.34. The van der Waals surface area contributed by atoms with E-state index in [1.807, 2.05) is 13.8 Å². The van der Waals surface area contributed by atoms with E-state index in [0.29, 0.717) is 0 Å². The van der Waals surface area contributed by atoms with E-state index < -0.39 is 15.1 Å². The molecule has 6 heteroatoms. The number of unbranched alkanes of at least 4 members (excludes halogenated alkanes) is 6. The Morgan fingerprint density at radius 3 is 1.07 bits per heavy atom. The molecule has 0 aliphatic carbocycles. The first-order chi connectivity index (χ1) is 14.4. The van der Waals surface area contributed by atoms with E-state index in [9.17, 15) is 4.57 Å². The minimum Gasteiger partial charge on any atom is -0.302 e. The summed E-state index contributed by atoms with van der Waals surface area (Å²) in [6.45, 7) is 14.0. The SMILES string of the molecule is CCCCOP(=O)(O)OCCCC.CCCC[P+](CCCC)(CCCC)CCCC. The highest BCUT2D eigenvalue weighted by molar-refractivity contribution is 7.75. The third-order valence-electron chi connectivity index (χ3n) is 5.45. The van der Waals surface area contributed by atoms with E-state index in [-0.39, 0.29) is 13.2 Å². The summed E-state index contributed by atoms with van der Waals surface area (Å²) in [5.74, 6) is 0. The fourth-order valence-corrected chi connectivity index (χ4v) is 9.41. The molecule has 0 rings (SSSR count). The van der Waals surface area contributed by atoms with Crippen molar-refractivity contribution in [2.45, 2.75) is 119 Å². The molecule has 0 bridgehead atoms. The maximum atomic E-state index is 11.1. The maximum Gasteiger partial charge on any atom is 0.472 e. The molecule has 0 spiro atoms. The molecule has 0 aliphatic rings. The van der Waals surface area contributed by atoms with Gasteiger partial charge >= 0.3 is 7.82 Å². The van der Waals surface area contributed by atoms with Crippen LogP contribution in [-0.4, -0.2) is 42.8 Å². The summed E-state index contributed by atoms with van der Waals surface area (Å²) in [6.07, 6.45) is 21.4. The lowest BCUT2D eigenvalue weighted by Gasteiger charge is -2.28. The molecule has 0 aromatic heterocycles. The molecule has 30 heavy (non-hydrogen) atoms. The summed E-state index contributed by atoms with van der Waals surface area (Å²) in [4.78, 5) is 9.08. The van der Waals surface area contributed by atoms with Gasteiger partial charge in [-0.15, -0.1) is 0 Å². The summed E-state index contributed by atoms with van der Waals surface area (Å²) < 4.78 is 20.5. The zero-order valence-electron chi connectivity index (χ0n) is 21.3. The van der Waals surface area contributed by atoms with Crippen LogP contribution in [0.1, 0.15) is 119 Å². The number of rotatable bonds is 20. The van der Waals surface area contributed by atoms with Crippen molar-refractivity contribution in [1.82, 2.24) is 0 Å². The van der Waals surface area contributed by atoms with E-state index >= 15 is 0 Å². The van der Waals surface area contributed by atoms with Crippen molar-refractivity contribution in [2.75, 3.05) is 37.9 Å². The van der Waals surface area contributed by atoms with Crippen molar-refractivity contribution in [2.24, 2.45) is 0 Å². The van der Waals surface area contributed by atoms with Gasteiger partial charge in [-0.2, -0.15) is 0 Å². The molecule has 0 radical (unpaired) electrons. The molecular weight excluding hydrogens is 414 g/mol. The molecule has 0 saturated carbocycles. The van der Waals surface area contributed by atoms with Crippen molar-refractivity contribution in [3.05, 3.63) is 0 Å². The highest BCUT2D eigenvalue weighted by atomic mass is 31.2. The van der Waals surface area contributed by atoms with Crippen LogP contribution in [0.4, 0.5) is 0 Å². The van der Waals surface area contributed by atoms with Gasteiger partial charge < -0.3 is 4.89 Å². The van der Waals surface area contributed by atoms with Crippen LogP contribution in [0, 0.1) is 0 Å². The van der Waals surface area contributed by atoms with Gasteiger partial charge in [-0.05, 0) is 38.5 Å². The summed E-state index contributed by atoms with van der Waals surface area (Å²) in [7, 11) is -4.31. The lowest BCUT2D eigenvalue weighted by Crippen LogP contribution is -2.12. The van der Waals surface area contributed by atoms with Crippen LogP contribution < -0.4 is 0 Å². The molecule has 0 atom stereocenters. The monoisotopic (exact) mass is 469 g/mol. The second-order valence-corrected chi connectivity index (χ2v) is 14.4. The zero-order valence-corrected chi connectivity index (χ0v) is 23.1. The lowest BCUT2D eigenvalue weighted by molar-refractivity contribution is 0.146. The first-order valence-corrected chi connectivity index (χ1v) is 16.9. The number of phosphoric acid groups is 1. The highest BCUT2D eigenvalue weighted by Crippen LogP contribution is 2.61. The van der Waals surface area contributed by atoms with Gasteiger partial charge in [-0.25, -0.2) is 4.57 Å². The van der Waals surface area contributed by atoms with Gasteiger partial charge in [0, 0.05) is 7.26 Å². The van der Waals surface area contributed by atoms with Gasteiger partial charge in [-0.1, -0.05) is 80.1 Å². The van der Waals surface area contributed by atoms with Crippen molar-refractivity contribution in [3.8, 4) is 0 Å². The van der Waals surface area contributed by atoms with Crippen molar-refractivity contribution >= 4 is 15.1 Å². The number of phosphoric ester groups is 1. The van der Waals surface area contributed by atoms with Crippen LogP contribution in [0.15, 0.2) is 0 Å². The third kappa shape index (κ3) is 20.4. The number of hydrogen-bond acceptors (Lipinski definition) is 3. The molecule has 0 fully saturated rings. The Morgan fingerprint density at radius 2 is 0.833 bits per heavy atom. The summed E-state index contributed by atoms with van der Waals surface area (Å²) in [5, 5.41) is 0. The summed E-state index contributed by atoms with van der Waals surface area (Å²) in [5.41, 5.74) is 0. The van der Waals surface area contributed by atoms with Crippen LogP contribution in [0.2, 0.25) is 0 Å². The molecule has 4 nitrogen and oxygen atoms in total. The first-order valence-electron chi connectivity index (χ1n) is 12.8. The van der Waals surface area contributed by atoms with E-state index in [1.54, 1.807) is 24.6 Å². The summed E-state index contributed by atoms with van der Waals surface area (Å²) >= 11 is 0. The molecule has 184 valence electrons. The minimum atomic E-state index is -3.75. The van der Waals surface area contributed by atoms with Crippen molar-refractivity contribution in [3.63, 3.8) is 0 Å².